The average Bonchev–Trinajstić information content (AvgIpc) is 2.18. The molecule has 0 amide bonds. The van der Waals surface area contributed by atoms with Crippen LogP contribution in [0, 0.1) is 0 Å². The van der Waals surface area contributed by atoms with E-state index in [2.05, 4.69) is 0 Å². The van der Waals surface area contributed by atoms with Crippen LogP contribution in [0.3, 0.4) is 0 Å². The van der Waals surface area contributed by atoms with E-state index in [0.29, 0.717) is 12.8 Å². The maximum absolute atomic E-state index is 11.7. The van der Waals surface area contributed by atoms with Gasteiger partial charge in [-0.3, -0.25) is 0 Å². The lowest BCUT2D eigenvalue weighted by atomic mass is 10.1. The van der Waals surface area contributed by atoms with E-state index in [0.717, 1.165) is 17.4 Å². The van der Waals surface area contributed by atoms with E-state index in [1.165, 1.54) is 0 Å². The van der Waals surface area contributed by atoms with Gasteiger partial charge in [-0.15, -0.1) is 0 Å². The SMILES string of the molecule is COc1ccc(CCC=C(F)F)cc1. The maximum atomic E-state index is 11.7. The molecular formula is C11H12F2O. The van der Waals surface area contributed by atoms with Crippen molar-refractivity contribution in [3.8, 4) is 5.75 Å². The normalized spacial score (nSPS) is 9.64. The van der Waals surface area contributed by atoms with Gasteiger partial charge < -0.3 is 4.74 Å². The summed E-state index contributed by atoms with van der Waals surface area (Å²) < 4.78 is 28.4. The Balaban J connectivity index is 2.48. The second-order valence-corrected chi connectivity index (χ2v) is 2.88. The topological polar surface area (TPSA) is 9.23 Å². The molecule has 1 aromatic rings. The Bertz CT molecular complexity index is 300. The van der Waals surface area contributed by atoms with E-state index in [9.17, 15) is 8.78 Å². The van der Waals surface area contributed by atoms with Crippen molar-refractivity contribution in [1.82, 2.24) is 0 Å². The molecule has 0 spiro atoms. The van der Waals surface area contributed by atoms with E-state index in [1.807, 2.05) is 24.3 Å². The van der Waals surface area contributed by atoms with E-state index in [-0.39, 0.29) is 0 Å². The highest BCUT2D eigenvalue weighted by Gasteiger charge is 1.94. The van der Waals surface area contributed by atoms with Crippen molar-refractivity contribution in [3.05, 3.63) is 42.0 Å². The number of hydrogen-bond donors (Lipinski definition) is 0. The highest BCUT2D eigenvalue weighted by atomic mass is 19.3. The molecule has 1 nitrogen and oxygen atoms in total. The Kier molecular flexibility index (Phi) is 4.11. The standard InChI is InChI=1S/C11H12F2O/c1-14-10-7-5-9(6-8-10)3-2-4-11(12)13/h4-8H,2-3H2,1H3. The summed E-state index contributed by atoms with van der Waals surface area (Å²) in [6, 6.07) is 7.40. The summed E-state index contributed by atoms with van der Waals surface area (Å²) in [4.78, 5) is 0. The van der Waals surface area contributed by atoms with Gasteiger partial charge in [0.2, 0.25) is 0 Å². The van der Waals surface area contributed by atoms with Crippen molar-refractivity contribution in [3.63, 3.8) is 0 Å². The Morgan fingerprint density at radius 1 is 1.29 bits per heavy atom. The van der Waals surface area contributed by atoms with Crippen LogP contribution in [0.15, 0.2) is 36.4 Å². The van der Waals surface area contributed by atoms with Crippen molar-refractivity contribution < 1.29 is 13.5 Å². The third-order valence-electron chi connectivity index (χ3n) is 1.89. The van der Waals surface area contributed by atoms with Crippen LogP contribution in [-0.2, 0) is 6.42 Å². The molecule has 0 aliphatic heterocycles. The van der Waals surface area contributed by atoms with E-state index < -0.39 is 6.08 Å². The molecule has 0 aliphatic carbocycles. The van der Waals surface area contributed by atoms with Gasteiger partial charge in [0.15, 0.2) is 0 Å². The lowest BCUT2D eigenvalue weighted by Crippen LogP contribution is -1.85. The first-order valence-electron chi connectivity index (χ1n) is 4.36. The van der Waals surface area contributed by atoms with E-state index in [1.54, 1.807) is 7.11 Å². The lowest BCUT2D eigenvalue weighted by Gasteiger charge is -2.01. The number of hydrogen-bond acceptors (Lipinski definition) is 1. The molecule has 0 aliphatic rings. The summed E-state index contributed by atoms with van der Waals surface area (Å²) in [6.45, 7) is 0. The first-order chi connectivity index (χ1) is 6.72. The molecule has 0 N–H and O–H groups in total. The van der Waals surface area contributed by atoms with Gasteiger partial charge in [0, 0.05) is 0 Å². The molecule has 0 unspecified atom stereocenters. The predicted octanol–water partition coefficient (Wildman–Crippen LogP) is 3.41. The van der Waals surface area contributed by atoms with Gasteiger partial charge in [0.1, 0.15) is 5.75 Å². The van der Waals surface area contributed by atoms with Gasteiger partial charge in [0.25, 0.3) is 6.08 Å². The molecule has 0 heterocycles. The van der Waals surface area contributed by atoms with Crippen LogP contribution in [0.25, 0.3) is 0 Å². The van der Waals surface area contributed by atoms with Gasteiger partial charge in [-0.05, 0) is 36.6 Å². The molecule has 1 rings (SSSR count). The van der Waals surface area contributed by atoms with Crippen LogP contribution >= 0.6 is 0 Å². The predicted molar refractivity (Wildman–Crippen MR) is 51.6 cm³/mol. The summed E-state index contributed by atoms with van der Waals surface area (Å²) in [7, 11) is 1.59. The molecule has 76 valence electrons. The number of allylic oxidation sites excluding steroid dienone is 1. The number of ether oxygens (including phenoxy) is 1. The van der Waals surface area contributed by atoms with Crippen LogP contribution in [0.2, 0.25) is 0 Å². The number of halogens is 2. The van der Waals surface area contributed by atoms with Gasteiger partial charge in [-0.1, -0.05) is 12.1 Å². The molecule has 0 fully saturated rings. The van der Waals surface area contributed by atoms with Crippen LogP contribution < -0.4 is 4.74 Å². The fraction of sp³-hybridized carbons (Fsp3) is 0.273. The summed E-state index contributed by atoms with van der Waals surface area (Å²) in [6.07, 6.45) is 0.318. The van der Waals surface area contributed by atoms with E-state index in [4.69, 9.17) is 4.74 Å². The Labute approximate surface area is 82.0 Å². The third kappa shape index (κ3) is 3.56. The molecule has 3 heteroatoms. The van der Waals surface area contributed by atoms with E-state index >= 15 is 0 Å². The number of benzene rings is 1. The van der Waals surface area contributed by atoms with Crippen LogP contribution in [0.5, 0.6) is 5.75 Å². The number of rotatable bonds is 4. The summed E-state index contributed by atoms with van der Waals surface area (Å²) in [5.41, 5.74) is 1.03. The zero-order valence-corrected chi connectivity index (χ0v) is 7.97. The van der Waals surface area contributed by atoms with Gasteiger partial charge in [-0.25, -0.2) is 0 Å². The minimum Gasteiger partial charge on any atom is -0.497 e. The van der Waals surface area contributed by atoms with Crippen molar-refractivity contribution in [2.75, 3.05) is 7.11 Å². The Morgan fingerprint density at radius 2 is 1.93 bits per heavy atom. The van der Waals surface area contributed by atoms with Gasteiger partial charge in [0.05, 0.1) is 7.11 Å². The molecule has 0 bridgehead atoms. The minimum atomic E-state index is -1.61. The smallest absolute Gasteiger partial charge is 0.266 e. The zero-order valence-electron chi connectivity index (χ0n) is 7.97. The van der Waals surface area contributed by atoms with Crippen LogP contribution in [0.4, 0.5) is 8.78 Å². The summed E-state index contributed by atoms with van der Waals surface area (Å²) >= 11 is 0. The molecular weight excluding hydrogens is 186 g/mol. The van der Waals surface area contributed by atoms with Crippen molar-refractivity contribution >= 4 is 0 Å². The largest absolute Gasteiger partial charge is 0.497 e. The number of methoxy groups -OCH3 is 1. The first-order valence-corrected chi connectivity index (χ1v) is 4.36. The first kappa shape index (κ1) is 10.7. The van der Waals surface area contributed by atoms with Crippen molar-refractivity contribution in [2.45, 2.75) is 12.8 Å². The average molecular weight is 198 g/mol. The van der Waals surface area contributed by atoms with Crippen LogP contribution in [-0.4, -0.2) is 7.11 Å². The third-order valence-corrected chi connectivity index (χ3v) is 1.89. The maximum Gasteiger partial charge on any atom is 0.266 e. The Hall–Kier alpha value is -1.38. The monoisotopic (exact) mass is 198 g/mol. The van der Waals surface area contributed by atoms with Gasteiger partial charge >= 0.3 is 0 Å². The molecule has 0 aromatic heterocycles. The van der Waals surface area contributed by atoms with Gasteiger partial charge in [-0.2, -0.15) is 8.78 Å². The second kappa shape index (κ2) is 5.37. The molecule has 0 saturated carbocycles. The minimum absolute atomic E-state index is 0.370. The molecule has 14 heavy (non-hydrogen) atoms. The lowest BCUT2D eigenvalue weighted by molar-refractivity contribution is 0.414. The van der Waals surface area contributed by atoms with Crippen LogP contribution in [0.1, 0.15) is 12.0 Å². The fourth-order valence-corrected chi connectivity index (χ4v) is 1.14. The molecule has 1 aromatic carbocycles. The quantitative estimate of drug-likeness (QED) is 0.720. The Morgan fingerprint density at radius 3 is 2.43 bits per heavy atom. The van der Waals surface area contributed by atoms with Crippen molar-refractivity contribution in [1.29, 1.82) is 0 Å². The second-order valence-electron chi connectivity index (χ2n) is 2.88. The van der Waals surface area contributed by atoms with Crippen molar-refractivity contribution in [2.24, 2.45) is 0 Å². The molecule has 0 radical (unpaired) electrons. The summed E-state index contributed by atoms with van der Waals surface area (Å²) in [5.74, 6) is 0.779. The highest BCUT2D eigenvalue weighted by molar-refractivity contribution is 5.27. The molecule has 0 saturated heterocycles. The highest BCUT2D eigenvalue weighted by Crippen LogP contribution is 2.13. The number of aryl methyl sites for hydroxylation is 1. The summed E-state index contributed by atoms with van der Waals surface area (Å²) in [5, 5.41) is 0. The fourth-order valence-electron chi connectivity index (χ4n) is 1.14. The molecule has 0 atom stereocenters. The zero-order chi connectivity index (χ0) is 10.4.